The van der Waals surface area contributed by atoms with Crippen LogP contribution < -0.4 is 16.0 Å². The summed E-state index contributed by atoms with van der Waals surface area (Å²) in [6, 6.07) is 7.64. The molecular formula is C12H19N3O. The average molecular weight is 221 g/mol. The van der Waals surface area contributed by atoms with Gasteiger partial charge >= 0.3 is 6.03 Å². The smallest absolute Gasteiger partial charge is 0.319 e. The second kappa shape index (κ2) is 6.85. The fraction of sp³-hybridized carbons (Fsp3) is 0.417. The lowest BCUT2D eigenvalue weighted by atomic mass is 10.2. The van der Waals surface area contributed by atoms with Gasteiger partial charge in [-0.15, -0.1) is 0 Å². The molecule has 1 aromatic rings. The third kappa shape index (κ3) is 4.31. The van der Waals surface area contributed by atoms with Crippen molar-refractivity contribution in [3.63, 3.8) is 0 Å². The van der Waals surface area contributed by atoms with Gasteiger partial charge in [0.05, 0.1) is 0 Å². The molecule has 88 valence electrons. The number of benzene rings is 1. The standard InChI is InChI=1S/C12H19N3O/c1-3-8-14-12(16)15-11-6-4-10(5-7-11)9-13-2/h4-7,13H,3,8-9H2,1-2H3,(H2,14,15,16). The van der Waals surface area contributed by atoms with Crippen LogP contribution in [0.15, 0.2) is 24.3 Å². The molecule has 2 amide bonds. The van der Waals surface area contributed by atoms with Crippen molar-refractivity contribution in [1.29, 1.82) is 0 Å². The largest absolute Gasteiger partial charge is 0.338 e. The van der Waals surface area contributed by atoms with E-state index in [0.717, 1.165) is 18.7 Å². The number of carbonyl (C=O) groups excluding carboxylic acids is 1. The lowest BCUT2D eigenvalue weighted by molar-refractivity contribution is 0.252. The first-order valence-electron chi connectivity index (χ1n) is 5.54. The minimum absolute atomic E-state index is 0.150. The Bertz CT molecular complexity index is 322. The number of nitrogens with one attached hydrogen (secondary N) is 3. The fourth-order valence-corrected chi connectivity index (χ4v) is 1.32. The summed E-state index contributed by atoms with van der Waals surface area (Å²) in [7, 11) is 1.91. The second-order valence-corrected chi connectivity index (χ2v) is 3.61. The summed E-state index contributed by atoms with van der Waals surface area (Å²) in [6.45, 7) is 3.55. The van der Waals surface area contributed by atoms with Gasteiger partial charge in [0, 0.05) is 18.8 Å². The highest BCUT2D eigenvalue weighted by molar-refractivity contribution is 5.89. The molecule has 1 aromatic carbocycles. The Kier molecular flexibility index (Phi) is 5.36. The first-order valence-corrected chi connectivity index (χ1v) is 5.54. The van der Waals surface area contributed by atoms with E-state index in [4.69, 9.17) is 0 Å². The summed E-state index contributed by atoms with van der Waals surface area (Å²) < 4.78 is 0. The number of anilines is 1. The molecule has 0 aliphatic carbocycles. The van der Waals surface area contributed by atoms with Crippen molar-refractivity contribution in [2.24, 2.45) is 0 Å². The van der Waals surface area contributed by atoms with Crippen LogP contribution in [0, 0.1) is 0 Å². The normalized spacial score (nSPS) is 9.88. The molecule has 0 aliphatic heterocycles. The van der Waals surface area contributed by atoms with E-state index < -0.39 is 0 Å². The SMILES string of the molecule is CCCNC(=O)Nc1ccc(CNC)cc1. The van der Waals surface area contributed by atoms with Crippen LogP contribution in [0.1, 0.15) is 18.9 Å². The van der Waals surface area contributed by atoms with Gasteiger partial charge in [-0.1, -0.05) is 19.1 Å². The minimum Gasteiger partial charge on any atom is -0.338 e. The molecular weight excluding hydrogens is 202 g/mol. The predicted molar refractivity (Wildman–Crippen MR) is 66.5 cm³/mol. The van der Waals surface area contributed by atoms with E-state index in [2.05, 4.69) is 16.0 Å². The zero-order valence-corrected chi connectivity index (χ0v) is 9.84. The van der Waals surface area contributed by atoms with Crippen molar-refractivity contribution in [2.75, 3.05) is 18.9 Å². The van der Waals surface area contributed by atoms with E-state index in [1.807, 2.05) is 38.2 Å². The molecule has 4 nitrogen and oxygen atoms in total. The predicted octanol–water partition coefficient (Wildman–Crippen LogP) is 1.94. The summed E-state index contributed by atoms with van der Waals surface area (Å²) in [6.07, 6.45) is 0.939. The summed E-state index contributed by atoms with van der Waals surface area (Å²) in [5.41, 5.74) is 2.01. The summed E-state index contributed by atoms with van der Waals surface area (Å²) >= 11 is 0. The maximum atomic E-state index is 11.3. The molecule has 0 spiro atoms. The van der Waals surface area contributed by atoms with Crippen LogP contribution in [-0.2, 0) is 6.54 Å². The maximum absolute atomic E-state index is 11.3. The van der Waals surface area contributed by atoms with Gasteiger partial charge in [-0.3, -0.25) is 0 Å². The van der Waals surface area contributed by atoms with Crippen molar-refractivity contribution >= 4 is 11.7 Å². The molecule has 0 heterocycles. The van der Waals surface area contributed by atoms with Gasteiger partial charge < -0.3 is 16.0 Å². The van der Waals surface area contributed by atoms with Crippen LogP contribution in [0.5, 0.6) is 0 Å². The van der Waals surface area contributed by atoms with Gasteiger partial charge in [0.1, 0.15) is 0 Å². The van der Waals surface area contributed by atoms with E-state index in [-0.39, 0.29) is 6.03 Å². The maximum Gasteiger partial charge on any atom is 0.319 e. The van der Waals surface area contributed by atoms with Crippen molar-refractivity contribution in [3.05, 3.63) is 29.8 Å². The molecule has 16 heavy (non-hydrogen) atoms. The van der Waals surface area contributed by atoms with Gasteiger partial charge in [0.15, 0.2) is 0 Å². The monoisotopic (exact) mass is 221 g/mol. The van der Waals surface area contributed by atoms with E-state index in [0.29, 0.717) is 6.54 Å². The number of rotatable bonds is 5. The number of hydrogen-bond acceptors (Lipinski definition) is 2. The molecule has 3 N–H and O–H groups in total. The van der Waals surface area contributed by atoms with Crippen LogP contribution in [0.3, 0.4) is 0 Å². The highest BCUT2D eigenvalue weighted by Gasteiger charge is 1.99. The molecule has 4 heteroatoms. The van der Waals surface area contributed by atoms with Crippen LogP contribution >= 0.6 is 0 Å². The lowest BCUT2D eigenvalue weighted by Crippen LogP contribution is -2.29. The van der Waals surface area contributed by atoms with Crippen molar-refractivity contribution in [1.82, 2.24) is 10.6 Å². The minimum atomic E-state index is -0.150. The van der Waals surface area contributed by atoms with E-state index in [1.165, 1.54) is 5.56 Å². The zero-order chi connectivity index (χ0) is 11.8. The zero-order valence-electron chi connectivity index (χ0n) is 9.84. The Labute approximate surface area is 96.4 Å². The highest BCUT2D eigenvalue weighted by atomic mass is 16.2. The average Bonchev–Trinajstić information content (AvgIpc) is 2.29. The van der Waals surface area contributed by atoms with Gasteiger partial charge in [-0.25, -0.2) is 4.79 Å². The molecule has 0 bridgehead atoms. The van der Waals surface area contributed by atoms with Gasteiger partial charge in [-0.05, 0) is 31.2 Å². The van der Waals surface area contributed by atoms with Crippen LogP contribution in [0.25, 0.3) is 0 Å². The molecule has 0 saturated carbocycles. The third-order valence-electron chi connectivity index (χ3n) is 2.13. The quantitative estimate of drug-likeness (QED) is 0.711. The van der Waals surface area contributed by atoms with E-state index in [1.54, 1.807) is 0 Å². The first-order chi connectivity index (χ1) is 7.76. The summed E-state index contributed by atoms with van der Waals surface area (Å²) in [4.78, 5) is 11.3. The molecule has 1 rings (SSSR count). The molecule has 0 radical (unpaired) electrons. The number of amides is 2. The van der Waals surface area contributed by atoms with Crippen LogP contribution in [0.4, 0.5) is 10.5 Å². The van der Waals surface area contributed by atoms with Crippen molar-refractivity contribution < 1.29 is 4.79 Å². The van der Waals surface area contributed by atoms with Crippen LogP contribution in [-0.4, -0.2) is 19.6 Å². The Morgan fingerprint density at radius 3 is 2.50 bits per heavy atom. The van der Waals surface area contributed by atoms with Crippen molar-refractivity contribution in [2.45, 2.75) is 19.9 Å². The van der Waals surface area contributed by atoms with E-state index >= 15 is 0 Å². The summed E-state index contributed by atoms with van der Waals surface area (Å²) in [5.74, 6) is 0. The topological polar surface area (TPSA) is 53.2 Å². The number of urea groups is 1. The Hall–Kier alpha value is -1.55. The lowest BCUT2D eigenvalue weighted by Gasteiger charge is -2.07. The van der Waals surface area contributed by atoms with Crippen LogP contribution in [0.2, 0.25) is 0 Å². The molecule has 0 unspecified atom stereocenters. The first kappa shape index (κ1) is 12.5. The summed E-state index contributed by atoms with van der Waals surface area (Å²) in [5, 5.41) is 8.61. The second-order valence-electron chi connectivity index (χ2n) is 3.61. The van der Waals surface area contributed by atoms with Gasteiger partial charge in [0.25, 0.3) is 0 Å². The molecule has 0 saturated heterocycles. The molecule has 0 atom stereocenters. The fourth-order valence-electron chi connectivity index (χ4n) is 1.32. The Morgan fingerprint density at radius 2 is 1.94 bits per heavy atom. The highest BCUT2D eigenvalue weighted by Crippen LogP contribution is 2.08. The third-order valence-corrected chi connectivity index (χ3v) is 2.13. The number of carbonyl (C=O) groups is 1. The van der Waals surface area contributed by atoms with E-state index in [9.17, 15) is 4.79 Å². The molecule has 0 aliphatic rings. The van der Waals surface area contributed by atoms with Crippen molar-refractivity contribution in [3.8, 4) is 0 Å². The van der Waals surface area contributed by atoms with Gasteiger partial charge in [-0.2, -0.15) is 0 Å². The molecule has 0 fully saturated rings. The number of hydrogen-bond donors (Lipinski definition) is 3. The van der Waals surface area contributed by atoms with Gasteiger partial charge in [0.2, 0.25) is 0 Å². The Morgan fingerprint density at radius 1 is 1.25 bits per heavy atom. The molecule has 0 aromatic heterocycles. The Balaban J connectivity index is 2.45.